The van der Waals surface area contributed by atoms with Crippen LogP contribution in [-0.4, -0.2) is 24.0 Å². The van der Waals surface area contributed by atoms with Crippen molar-refractivity contribution in [2.45, 2.75) is 27.7 Å². The molecule has 1 rings (SSSR count). The van der Waals surface area contributed by atoms with Crippen LogP contribution in [0.3, 0.4) is 0 Å². The fraction of sp³-hybridized carbons (Fsp3) is 0.462. The summed E-state index contributed by atoms with van der Waals surface area (Å²) in [5.41, 5.74) is 9.31. The summed E-state index contributed by atoms with van der Waals surface area (Å²) < 4.78 is 0. The summed E-state index contributed by atoms with van der Waals surface area (Å²) in [6.07, 6.45) is 0. The average Bonchev–Trinajstić information content (AvgIpc) is 2.31. The number of aryl methyl sites for hydroxylation is 1. The third kappa shape index (κ3) is 2.90. The molecule has 3 N–H and O–H groups in total. The molecule has 0 radical (unpaired) electrons. The Hall–Kier alpha value is -1.71. The zero-order valence-corrected chi connectivity index (χ0v) is 11.0. The number of urea groups is 1. The van der Waals surface area contributed by atoms with Gasteiger partial charge in [-0.2, -0.15) is 0 Å². The molecule has 0 heterocycles. The molecule has 0 saturated heterocycles. The number of carbonyl (C=O) groups excluding carboxylic acids is 1. The molecule has 17 heavy (non-hydrogen) atoms. The molecule has 94 valence electrons. The number of nitrogens with one attached hydrogen (secondary N) is 1. The van der Waals surface area contributed by atoms with Crippen molar-refractivity contribution in [1.82, 2.24) is 4.90 Å². The Bertz CT molecular complexity index is 411. The average molecular weight is 235 g/mol. The number of carbonyl (C=O) groups is 1. The zero-order chi connectivity index (χ0) is 13.0. The van der Waals surface area contributed by atoms with Crippen LogP contribution in [-0.2, 0) is 0 Å². The molecule has 1 aromatic carbocycles. The fourth-order valence-corrected chi connectivity index (χ4v) is 1.75. The third-order valence-electron chi connectivity index (χ3n) is 3.00. The predicted molar refractivity (Wildman–Crippen MR) is 72.3 cm³/mol. The van der Waals surface area contributed by atoms with Crippen molar-refractivity contribution in [3.63, 3.8) is 0 Å². The van der Waals surface area contributed by atoms with Crippen LogP contribution in [0.2, 0.25) is 0 Å². The van der Waals surface area contributed by atoms with E-state index in [1.54, 1.807) is 4.90 Å². The second kappa shape index (κ2) is 5.57. The van der Waals surface area contributed by atoms with Crippen LogP contribution in [0.1, 0.15) is 25.0 Å². The Labute approximate surface area is 103 Å². The van der Waals surface area contributed by atoms with Gasteiger partial charge in [-0.1, -0.05) is 6.07 Å². The number of nitrogen functional groups attached to an aromatic ring is 1. The molecule has 4 nitrogen and oxygen atoms in total. The molecule has 4 heteroatoms. The fourth-order valence-electron chi connectivity index (χ4n) is 1.75. The molecule has 2 amide bonds. The minimum absolute atomic E-state index is 0.0770. The number of anilines is 2. The molecule has 0 bridgehead atoms. The predicted octanol–water partition coefficient (Wildman–Crippen LogP) is 2.76. The van der Waals surface area contributed by atoms with E-state index in [0.717, 1.165) is 16.8 Å². The van der Waals surface area contributed by atoms with E-state index in [9.17, 15) is 4.79 Å². The minimum atomic E-state index is -0.0770. The van der Waals surface area contributed by atoms with Crippen LogP contribution in [0.15, 0.2) is 12.1 Å². The van der Waals surface area contributed by atoms with Gasteiger partial charge in [0, 0.05) is 18.8 Å². The van der Waals surface area contributed by atoms with E-state index in [1.807, 2.05) is 39.8 Å². The summed E-state index contributed by atoms with van der Waals surface area (Å²) in [5.74, 6) is 0. The van der Waals surface area contributed by atoms with Gasteiger partial charge in [-0.3, -0.25) is 0 Å². The van der Waals surface area contributed by atoms with Gasteiger partial charge in [0.15, 0.2) is 0 Å². The number of rotatable bonds is 3. The maximum absolute atomic E-state index is 12.0. The van der Waals surface area contributed by atoms with Gasteiger partial charge >= 0.3 is 6.03 Å². The van der Waals surface area contributed by atoms with Gasteiger partial charge in [-0.05, 0) is 44.9 Å². The van der Waals surface area contributed by atoms with E-state index in [-0.39, 0.29) is 6.03 Å². The number of nitrogens with zero attached hydrogens (tertiary/aromatic N) is 1. The molecule has 1 aromatic rings. The van der Waals surface area contributed by atoms with Crippen molar-refractivity contribution in [2.75, 3.05) is 24.1 Å². The summed E-state index contributed by atoms with van der Waals surface area (Å²) in [6.45, 7) is 9.19. The van der Waals surface area contributed by atoms with Gasteiger partial charge < -0.3 is 16.0 Å². The highest BCUT2D eigenvalue weighted by Crippen LogP contribution is 2.25. The zero-order valence-electron chi connectivity index (χ0n) is 11.0. The van der Waals surface area contributed by atoms with Crippen LogP contribution in [0, 0.1) is 13.8 Å². The Morgan fingerprint density at radius 3 is 2.41 bits per heavy atom. The lowest BCUT2D eigenvalue weighted by Gasteiger charge is -2.21. The van der Waals surface area contributed by atoms with Gasteiger partial charge in [0.05, 0.1) is 5.69 Å². The summed E-state index contributed by atoms with van der Waals surface area (Å²) >= 11 is 0. The molecular weight excluding hydrogens is 214 g/mol. The van der Waals surface area contributed by atoms with Gasteiger partial charge in [-0.15, -0.1) is 0 Å². The molecule has 0 aromatic heterocycles. The normalized spacial score (nSPS) is 10.1. The summed E-state index contributed by atoms with van der Waals surface area (Å²) in [7, 11) is 0. The van der Waals surface area contributed by atoms with Crippen molar-refractivity contribution in [3.8, 4) is 0 Å². The topological polar surface area (TPSA) is 58.4 Å². The highest BCUT2D eigenvalue weighted by Gasteiger charge is 2.13. The molecule has 0 atom stereocenters. The number of hydrogen-bond donors (Lipinski definition) is 2. The second-order valence-corrected chi connectivity index (χ2v) is 4.07. The van der Waals surface area contributed by atoms with Gasteiger partial charge in [0.1, 0.15) is 0 Å². The van der Waals surface area contributed by atoms with Crippen molar-refractivity contribution in [2.24, 2.45) is 0 Å². The molecular formula is C13H21N3O. The number of amides is 2. The molecule has 0 fully saturated rings. The van der Waals surface area contributed by atoms with Crippen molar-refractivity contribution in [3.05, 3.63) is 23.3 Å². The lowest BCUT2D eigenvalue weighted by molar-refractivity contribution is 0.217. The Kier molecular flexibility index (Phi) is 4.37. The molecule has 0 aliphatic heterocycles. The first-order valence-corrected chi connectivity index (χ1v) is 5.92. The molecule has 0 unspecified atom stereocenters. The van der Waals surface area contributed by atoms with Crippen LogP contribution >= 0.6 is 0 Å². The van der Waals surface area contributed by atoms with E-state index in [1.165, 1.54) is 0 Å². The quantitative estimate of drug-likeness (QED) is 0.791. The summed E-state index contributed by atoms with van der Waals surface area (Å²) in [5, 5.41) is 2.93. The highest BCUT2D eigenvalue weighted by atomic mass is 16.2. The van der Waals surface area contributed by atoms with Crippen molar-refractivity contribution >= 4 is 17.4 Å². The Morgan fingerprint density at radius 1 is 1.29 bits per heavy atom. The van der Waals surface area contributed by atoms with E-state index >= 15 is 0 Å². The Balaban J connectivity index is 2.95. The van der Waals surface area contributed by atoms with E-state index < -0.39 is 0 Å². The molecule has 0 spiro atoms. The van der Waals surface area contributed by atoms with Crippen LogP contribution < -0.4 is 11.1 Å². The van der Waals surface area contributed by atoms with Crippen LogP contribution in [0.4, 0.5) is 16.2 Å². The smallest absolute Gasteiger partial charge is 0.321 e. The van der Waals surface area contributed by atoms with E-state index in [0.29, 0.717) is 18.8 Å². The van der Waals surface area contributed by atoms with E-state index in [2.05, 4.69) is 5.32 Å². The van der Waals surface area contributed by atoms with Gasteiger partial charge in [0.25, 0.3) is 0 Å². The highest BCUT2D eigenvalue weighted by molar-refractivity contribution is 5.92. The monoisotopic (exact) mass is 235 g/mol. The lowest BCUT2D eigenvalue weighted by atomic mass is 10.1. The van der Waals surface area contributed by atoms with E-state index in [4.69, 9.17) is 5.73 Å². The lowest BCUT2D eigenvalue weighted by Crippen LogP contribution is -2.34. The second-order valence-electron chi connectivity index (χ2n) is 4.07. The Morgan fingerprint density at radius 2 is 1.88 bits per heavy atom. The maximum Gasteiger partial charge on any atom is 0.321 e. The summed E-state index contributed by atoms with van der Waals surface area (Å²) in [6, 6.07) is 3.70. The van der Waals surface area contributed by atoms with Gasteiger partial charge in [-0.25, -0.2) is 4.79 Å². The molecule has 0 aliphatic carbocycles. The van der Waals surface area contributed by atoms with Gasteiger partial charge in [0.2, 0.25) is 0 Å². The summed E-state index contributed by atoms with van der Waals surface area (Å²) in [4.78, 5) is 13.7. The first kappa shape index (κ1) is 13.4. The molecule has 0 saturated carbocycles. The maximum atomic E-state index is 12.0. The van der Waals surface area contributed by atoms with Crippen LogP contribution in [0.25, 0.3) is 0 Å². The number of nitrogens with two attached hydrogens (primary N) is 1. The largest absolute Gasteiger partial charge is 0.398 e. The molecule has 0 aliphatic rings. The number of hydrogen-bond acceptors (Lipinski definition) is 2. The van der Waals surface area contributed by atoms with Crippen molar-refractivity contribution in [1.29, 1.82) is 0 Å². The first-order chi connectivity index (χ1) is 8.01. The number of benzene rings is 1. The van der Waals surface area contributed by atoms with Crippen LogP contribution in [0.5, 0.6) is 0 Å². The standard InChI is InChI=1S/C13H21N3O/c1-5-16(6-2)13(17)15-12-9(3)7-8-11(14)10(12)4/h7-8H,5-6,14H2,1-4H3,(H,15,17). The third-order valence-corrected chi connectivity index (χ3v) is 3.00. The minimum Gasteiger partial charge on any atom is -0.398 e. The first-order valence-electron chi connectivity index (χ1n) is 5.92. The SMILES string of the molecule is CCN(CC)C(=O)Nc1c(C)ccc(N)c1C. The van der Waals surface area contributed by atoms with Crippen molar-refractivity contribution < 1.29 is 4.79 Å².